The Bertz CT molecular complexity index is 1160. The number of nitrogens with one attached hydrogen (secondary N) is 3. The Balaban J connectivity index is 1.97. The van der Waals surface area contributed by atoms with Crippen LogP contribution in [0.2, 0.25) is 0 Å². The molecule has 0 saturated heterocycles. The van der Waals surface area contributed by atoms with Crippen molar-refractivity contribution in [3.8, 4) is 0 Å². The minimum Gasteiger partial charge on any atom is -0.316 e. The first kappa shape index (κ1) is 17.1. The molecule has 130 valence electrons. The van der Waals surface area contributed by atoms with Crippen LogP contribution in [0.5, 0.6) is 0 Å². The normalized spacial score (nSPS) is 11.8. The number of aromatic amines is 2. The Morgan fingerprint density at radius 1 is 1.00 bits per heavy atom. The number of aromatic nitrogens is 2. The quantitative estimate of drug-likeness (QED) is 0.604. The summed E-state index contributed by atoms with van der Waals surface area (Å²) in [5.41, 5.74) is -0.129. The summed E-state index contributed by atoms with van der Waals surface area (Å²) >= 11 is 0. The zero-order chi connectivity index (χ0) is 18.2. The van der Waals surface area contributed by atoms with Crippen molar-refractivity contribution in [1.29, 1.82) is 0 Å². The van der Waals surface area contributed by atoms with Gasteiger partial charge in [0.25, 0.3) is 0 Å². The number of hydrogen-bond donors (Lipinski definition) is 3. The molecule has 3 aromatic rings. The number of hydrogen-bond acceptors (Lipinski definition) is 4. The Labute approximate surface area is 141 Å². The number of sulfonamides is 1. The van der Waals surface area contributed by atoms with Crippen LogP contribution in [0.3, 0.4) is 0 Å². The van der Waals surface area contributed by atoms with Crippen LogP contribution in [-0.4, -0.2) is 18.4 Å². The highest BCUT2D eigenvalue weighted by Crippen LogP contribution is 2.20. The summed E-state index contributed by atoms with van der Waals surface area (Å²) in [6.45, 7) is 1.57. The van der Waals surface area contributed by atoms with Crippen LogP contribution < -0.4 is 15.8 Å². The van der Waals surface area contributed by atoms with Crippen LogP contribution in [0.25, 0.3) is 11.0 Å². The average Bonchev–Trinajstić information content (AvgIpc) is 2.55. The fraction of sp³-hybridized carbons (Fsp3) is 0.125. The molecule has 0 radical (unpaired) electrons. The monoisotopic (exact) mass is 363 g/mol. The second-order valence-electron chi connectivity index (χ2n) is 5.52. The molecular weight excluding hydrogens is 349 g/mol. The highest BCUT2D eigenvalue weighted by atomic mass is 32.2. The fourth-order valence-electron chi connectivity index (χ4n) is 2.40. The lowest BCUT2D eigenvalue weighted by atomic mass is 10.2. The number of halogens is 1. The van der Waals surface area contributed by atoms with Gasteiger partial charge in [-0.05, 0) is 42.3 Å². The smallest absolute Gasteiger partial charge is 0.314 e. The summed E-state index contributed by atoms with van der Waals surface area (Å²) < 4.78 is 40.4. The van der Waals surface area contributed by atoms with E-state index in [0.29, 0.717) is 16.6 Å². The van der Waals surface area contributed by atoms with E-state index in [9.17, 15) is 22.4 Å². The third-order valence-corrected chi connectivity index (χ3v) is 5.23. The van der Waals surface area contributed by atoms with Crippen molar-refractivity contribution in [2.45, 2.75) is 18.4 Å². The van der Waals surface area contributed by atoms with Crippen molar-refractivity contribution >= 4 is 21.1 Å². The molecule has 2 aromatic carbocycles. The summed E-state index contributed by atoms with van der Waals surface area (Å²) in [4.78, 5) is 27.5. The van der Waals surface area contributed by atoms with Crippen molar-refractivity contribution in [2.24, 2.45) is 0 Å². The van der Waals surface area contributed by atoms with E-state index in [4.69, 9.17) is 0 Å². The van der Waals surface area contributed by atoms with Crippen LogP contribution in [0.4, 0.5) is 4.39 Å². The molecule has 25 heavy (non-hydrogen) atoms. The van der Waals surface area contributed by atoms with Gasteiger partial charge in [0.1, 0.15) is 5.82 Å². The number of H-pyrrole nitrogens is 2. The van der Waals surface area contributed by atoms with Gasteiger partial charge in [-0.2, -0.15) is 0 Å². The topological polar surface area (TPSA) is 112 Å². The molecule has 9 heteroatoms. The van der Waals surface area contributed by atoms with Crippen molar-refractivity contribution in [1.82, 2.24) is 14.7 Å². The predicted octanol–water partition coefficient (Wildman–Crippen LogP) is 1.14. The minimum absolute atomic E-state index is 0.0117. The van der Waals surface area contributed by atoms with Crippen molar-refractivity contribution < 1.29 is 12.8 Å². The van der Waals surface area contributed by atoms with Crippen LogP contribution in [-0.2, 0) is 16.6 Å². The SMILES string of the molecule is Cc1cc2[nH]c(=O)c(=O)[nH]c2cc1S(=O)(=O)NCc1ccc(F)cc1. The van der Waals surface area contributed by atoms with Gasteiger partial charge in [-0.25, -0.2) is 17.5 Å². The molecule has 0 amide bonds. The lowest BCUT2D eigenvalue weighted by molar-refractivity contribution is 0.580. The van der Waals surface area contributed by atoms with E-state index < -0.39 is 27.0 Å². The molecule has 0 fully saturated rings. The van der Waals surface area contributed by atoms with Gasteiger partial charge in [0.2, 0.25) is 10.0 Å². The molecule has 0 atom stereocenters. The second-order valence-corrected chi connectivity index (χ2v) is 7.26. The highest BCUT2D eigenvalue weighted by Gasteiger charge is 2.18. The summed E-state index contributed by atoms with van der Waals surface area (Å²) in [6, 6.07) is 8.20. The molecule has 7 nitrogen and oxygen atoms in total. The lowest BCUT2D eigenvalue weighted by Gasteiger charge is -2.10. The van der Waals surface area contributed by atoms with Crippen molar-refractivity contribution in [2.75, 3.05) is 0 Å². The van der Waals surface area contributed by atoms with E-state index in [2.05, 4.69) is 14.7 Å². The number of benzene rings is 2. The molecule has 3 rings (SSSR count). The Morgan fingerprint density at radius 3 is 2.16 bits per heavy atom. The molecule has 0 aliphatic carbocycles. The van der Waals surface area contributed by atoms with E-state index >= 15 is 0 Å². The fourth-order valence-corrected chi connectivity index (χ4v) is 3.67. The maximum Gasteiger partial charge on any atom is 0.314 e. The maximum atomic E-state index is 12.9. The first-order valence-electron chi connectivity index (χ1n) is 7.27. The first-order valence-corrected chi connectivity index (χ1v) is 8.76. The van der Waals surface area contributed by atoms with E-state index in [-0.39, 0.29) is 17.0 Å². The van der Waals surface area contributed by atoms with Crippen LogP contribution in [0.15, 0.2) is 50.9 Å². The largest absolute Gasteiger partial charge is 0.316 e. The van der Waals surface area contributed by atoms with Gasteiger partial charge in [0.05, 0.1) is 15.9 Å². The standard InChI is InChI=1S/C16H14FN3O4S/c1-9-6-12-13(20-16(22)15(21)19-12)7-14(9)25(23,24)18-8-10-2-4-11(17)5-3-10/h2-7,18H,8H2,1H3,(H,19,21)(H,20,22). The minimum atomic E-state index is -3.87. The predicted molar refractivity (Wildman–Crippen MR) is 90.4 cm³/mol. The van der Waals surface area contributed by atoms with Gasteiger partial charge in [0, 0.05) is 6.54 Å². The zero-order valence-electron chi connectivity index (χ0n) is 13.1. The third-order valence-electron chi connectivity index (χ3n) is 3.69. The lowest BCUT2D eigenvalue weighted by Crippen LogP contribution is -2.29. The highest BCUT2D eigenvalue weighted by molar-refractivity contribution is 7.89. The van der Waals surface area contributed by atoms with E-state index in [1.165, 1.54) is 36.4 Å². The third kappa shape index (κ3) is 3.52. The molecule has 0 spiro atoms. The van der Waals surface area contributed by atoms with Crippen molar-refractivity contribution in [3.05, 3.63) is 74.0 Å². The molecule has 0 unspecified atom stereocenters. The molecule has 0 saturated carbocycles. The Morgan fingerprint density at radius 2 is 1.56 bits per heavy atom. The summed E-state index contributed by atoms with van der Waals surface area (Å²) in [5, 5.41) is 0. The molecule has 3 N–H and O–H groups in total. The second kappa shape index (κ2) is 6.26. The van der Waals surface area contributed by atoms with Crippen LogP contribution >= 0.6 is 0 Å². The van der Waals surface area contributed by atoms with Gasteiger partial charge < -0.3 is 9.97 Å². The number of fused-ring (bicyclic) bond motifs is 1. The van der Waals surface area contributed by atoms with E-state index in [1.54, 1.807) is 6.92 Å². The summed E-state index contributed by atoms with van der Waals surface area (Å²) in [7, 11) is -3.87. The van der Waals surface area contributed by atoms with Crippen LogP contribution in [0, 0.1) is 12.7 Å². The molecule has 0 aliphatic heterocycles. The van der Waals surface area contributed by atoms with E-state index in [1.807, 2.05) is 0 Å². The zero-order valence-corrected chi connectivity index (χ0v) is 13.9. The molecule has 0 aliphatic rings. The van der Waals surface area contributed by atoms with Gasteiger partial charge >= 0.3 is 11.1 Å². The maximum absolute atomic E-state index is 12.9. The molecule has 1 heterocycles. The Hall–Kier alpha value is -2.78. The Kier molecular flexibility index (Phi) is 4.27. The summed E-state index contributed by atoms with van der Waals surface area (Å²) in [5.74, 6) is -0.407. The average molecular weight is 363 g/mol. The van der Waals surface area contributed by atoms with Crippen molar-refractivity contribution in [3.63, 3.8) is 0 Å². The number of rotatable bonds is 4. The van der Waals surface area contributed by atoms with E-state index in [0.717, 1.165) is 0 Å². The van der Waals surface area contributed by atoms with Gasteiger partial charge in [0.15, 0.2) is 0 Å². The summed E-state index contributed by atoms with van der Waals surface area (Å²) in [6.07, 6.45) is 0. The van der Waals surface area contributed by atoms with Crippen LogP contribution in [0.1, 0.15) is 11.1 Å². The first-order chi connectivity index (χ1) is 11.8. The van der Waals surface area contributed by atoms with Gasteiger partial charge in [-0.3, -0.25) is 9.59 Å². The molecular formula is C16H14FN3O4S. The van der Waals surface area contributed by atoms with Gasteiger partial charge in [-0.1, -0.05) is 12.1 Å². The number of aryl methyl sites for hydroxylation is 1. The molecule has 1 aromatic heterocycles. The van der Waals surface area contributed by atoms with Gasteiger partial charge in [-0.15, -0.1) is 0 Å². The molecule has 0 bridgehead atoms.